The molecule has 1 heterocycles. The fourth-order valence-corrected chi connectivity index (χ4v) is 2.26. The molecule has 0 aromatic rings. The van der Waals surface area contributed by atoms with Gasteiger partial charge < -0.3 is 0 Å². The summed E-state index contributed by atoms with van der Waals surface area (Å²) < 4.78 is 0. The number of Topliss-reactive ketones (excluding diaryl/α,β-unsaturated/α-hetero) is 1. The number of likely N-dealkylation sites (tertiary alicyclic amines) is 1. The molecule has 1 unspecified atom stereocenters. The first-order chi connectivity index (χ1) is 6.54. The lowest BCUT2D eigenvalue weighted by molar-refractivity contribution is -0.129. The van der Waals surface area contributed by atoms with Crippen molar-refractivity contribution in [2.45, 2.75) is 59.0 Å². The molecular formula is C12H23NO. The summed E-state index contributed by atoms with van der Waals surface area (Å²) in [4.78, 5) is 14.3. The Bertz CT molecular complexity index is 198. The van der Waals surface area contributed by atoms with Crippen LogP contribution < -0.4 is 0 Å². The van der Waals surface area contributed by atoms with Gasteiger partial charge in [-0.15, -0.1) is 0 Å². The summed E-state index contributed by atoms with van der Waals surface area (Å²) in [6.45, 7) is 9.49. The highest BCUT2D eigenvalue weighted by Crippen LogP contribution is 2.22. The maximum Gasteiger partial charge on any atom is 0.152 e. The lowest BCUT2D eigenvalue weighted by atomic mass is 9.92. The minimum absolute atomic E-state index is 0.180. The van der Waals surface area contributed by atoms with Crippen molar-refractivity contribution in [1.29, 1.82) is 0 Å². The van der Waals surface area contributed by atoms with Gasteiger partial charge in [0.2, 0.25) is 0 Å². The van der Waals surface area contributed by atoms with Crippen molar-refractivity contribution < 1.29 is 4.79 Å². The number of piperidine rings is 1. The lowest BCUT2D eigenvalue weighted by Gasteiger charge is -2.38. The van der Waals surface area contributed by atoms with Crippen LogP contribution in [0.5, 0.6) is 0 Å². The zero-order valence-electron chi connectivity index (χ0n) is 9.92. The van der Waals surface area contributed by atoms with Crippen LogP contribution in [0.1, 0.15) is 47.0 Å². The van der Waals surface area contributed by atoms with Gasteiger partial charge in [-0.2, -0.15) is 0 Å². The van der Waals surface area contributed by atoms with Crippen LogP contribution in [0.4, 0.5) is 0 Å². The molecule has 0 radical (unpaired) electrons. The number of ketones is 1. The highest BCUT2D eigenvalue weighted by molar-refractivity contribution is 5.85. The van der Waals surface area contributed by atoms with E-state index in [0.717, 1.165) is 13.0 Å². The van der Waals surface area contributed by atoms with Gasteiger partial charge in [-0.25, -0.2) is 0 Å². The molecule has 0 bridgehead atoms. The predicted molar refractivity (Wildman–Crippen MR) is 59.3 cm³/mol. The molecule has 1 atom stereocenters. The van der Waals surface area contributed by atoms with E-state index in [2.05, 4.69) is 18.7 Å². The van der Waals surface area contributed by atoms with Gasteiger partial charge in [-0.1, -0.05) is 20.3 Å². The van der Waals surface area contributed by atoms with E-state index in [4.69, 9.17) is 0 Å². The highest BCUT2D eigenvalue weighted by atomic mass is 16.1. The Balaban J connectivity index is 2.67. The Morgan fingerprint density at radius 1 is 1.21 bits per heavy atom. The van der Waals surface area contributed by atoms with Crippen molar-refractivity contribution >= 4 is 5.78 Å². The van der Waals surface area contributed by atoms with Gasteiger partial charge in [0.15, 0.2) is 5.78 Å². The number of nitrogens with zero attached hydrogens (tertiary/aromatic N) is 1. The topological polar surface area (TPSA) is 20.3 Å². The summed E-state index contributed by atoms with van der Waals surface area (Å²) in [5.41, 5.74) is 0. The molecule has 0 spiro atoms. The maximum atomic E-state index is 12.0. The van der Waals surface area contributed by atoms with Crippen molar-refractivity contribution in [3.05, 3.63) is 0 Å². The van der Waals surface area contributed by atoms with Gasteiger partial charge >= 0.3 is 0 Å². The van der Waals surface area contributed by atoms with Crippen LogP contribution in [0.25, 0.3) is 0 Å². The molecule has 0 saturated carbocycles. The average Bonchev–Trinajstić information content (AvgIpc) is 2.16. The fraction of sp³-hybridized carbons (Fsp3) is 0.917. The summed E-state index contributed by atoms with van der Waals surface area (Å²) in [5.74, 6) is 0.609. The van der Waals surface area contributed by atoms with Crippen LogP contribution in [-0.4, -0.2) is 29.3 Å². The van der Waals surface area contributed by atoms with Gasteiger partial charge in [0.25, 0.3) is 0 Å². The number of hydrogen-bond acceptors (Lipinski definition) is 2. The second-order valence-corrected chi connectivity index (χ2v) is 4.90. The van der Waals surface area contributed by atoms with Gasteiger partial charge in [0, 0.05) is 12.0 Å². The van der Waals surface area contributed by atoms with E-state index in [1.165, 1.54) is 12.8 Å². The Morgan fingerprint density at radius 2 is 1.86 bits per heavy atom. The predicted octanol–water partition coefficient (Wildman–Crippen LogP) is 2.47. The third-order valence-electron chi connectivity index (χ3n) is 3.10. The Labute approximate surface area is 87.7 Å². The third-order valence-corrected chi connectivity index (χ3v) is 3.10. The van der Waals surface area contributed by atoms with E-state index in [1.54, 1.807) is 0 Å². The highest BCUT2D eigenvalue weighted by Gasteiger charge is 2.30. The van der Waals surface area contributed by atoms with Crippen LogP contribution in [0, 0.1) is 5.92 Å². The van der Waals surface area contributed by atoms with Crippen molar-refractivity contribution in [1.82, 2.24) is 4.90 Å². The van der Waals surface area contributed by atoms with Crippen LogP contribution in [0.2, 0.25) is 0 Å². The average molecular weight is 197 g/mol. The molecule has 14 heavy (non-hydrogen) atoms. The standard InChI is InChI=1S/C12H23NO/c1-9(2)12(14)11-7-5-6-8-13(11)10(3)4/h9-11H,5-8H2,1-4H3. The second kappa shape index (κ2) is 4.92. The summed E-state index contributed by atoms with van der Waals surface area (Å²) in [6, 6.07) is 0.701. The third kappa shape index (κ3) is 2.57. The van der Waals surface area contributed by atoms with Crippen molar-refractivity contribution in [3.8, 4) is 0 Å². The van der Waals surface area contributed by atoms with Gasteiger partial charge in [0.1, 0.15) is 0 Å². The molecule has 0 aliphatic carbocycles. The van der Waals surface area contributed by atoms with Gasteiger partial charge in [-0.3, -0.25) is 9.69 Å². The molecule has 1 aliphatic rings. The first-order valence-electron chi connectivity index (χ1n) is 5.83. The van der Waals surface area contributed by atoms with Crippen LogP contribution in [0.3, 0.4) is 0 Å². The molecular weight excluding hydrogens is 174 g/mol. The summed E-state index contributed by atoms with van der Waals surface area (Å²) in [5, 5.41) is 0. The molecule has 1 fully saturated rings. The summed E-state index contributed by atoms with van der Waals surface area (Å²) in [6.07, 6.45) is 3.53. The number of hydrogen-bond donors (Lipinski definition) is 0. The van der Waals surface area contributed by atoms with Crippen molar-refractivity contribution in [2.75, 3.05) is 6.54 Å². The molecule has 0 amide bonds. The minimum atomic E-state index is 0.180. The van der Waals surface area contributed by atoms with Gasteiger partial charge in [0.05, 0.1) is 6.04 Å². The fourth-order valence-electron chi connectivity index (χ4n) is 2.26. The number of rotatable bonds is 3. The molecule has 1 saturated heterocycles. The van der Waals surface area contributed by atoms with E-state index < -0.39 is 0 Å². The normalized spacial score (nSPS) is 24.6. The van der Waals surface area contributed by atoms with Crippen LogP contribution >= 0.6 is 0 Å². The molecule has 0 aromatic heterocycles. The molecule has 1 rings (SSSR count). The SMILES string of the molecule is CC(C)C(=O)C1CCCCN1C(C)C. The molecule has 0 N–H and O–H groups in total. The molecule has 82 valence electrons. The van der Waals surface area contributed by atoms with E-state index in [9.17, 15) is 4.79 Å². The Kier molecular flexibility index (Phi) is 4.11. The quantitative estimate of drug-likeness (QED) is 0.692. The van der Waals surface area contributed by atoms with Crippen molar-refractivity contribution in [2.24, 2.45) is 5.92 Å². The second-order valence-electron chi connectivity index (χ2n) is 4.90. The van der Waals surface area contributed by atoms with Crippen LogP contribution in [-0.2, 0) is 4.79 Å². The lowest BCUT2D eigenvalue weighted by Crippen LogP contribution is -2.49. The number of carbonyl (C=O) groups excluding carboxylic acids is 1. The van der Waals surface area contributed by atoms with Crippen molar-refractivity contribution in [3.63, 3.8) is 0 Å². The zero-order chi connectivity index (χ0) is 10.7. The Morgan fingerprint density at radius 3 is 2.36 bits per heavy atom. The van der Waals surface area contributed by atoms with E-state index in [-0.39, 0.29) is 12.0 Å². The Hall–Kier alpha value is -0.370. The summed E-state index contributed by atoms with van der Waals surface area (Å²) in [7, 11) is 0. The van der Waals surface area contributed by atoms with E-state index >= 15 is 0 Å². The van der Waals surface area contributed by atoms with Crippen LogP contribution in [0.15, 0.2) is 0 Å². The largest absolute Gasteiger partial charge is 0.298 e. The monoisotopic (exact) mass is 197 g/mol. The summed E-state index contributed by atoms with van der Waals surface area (Å²) >= 11 is 0. The van der Waals surface area contributed by atoms with Gasteiger partial charge in [-0.05, 0) is 33.2 Å². The molecule has 0 aromatic carbocycles. The maximum absolute atomic E-state index is 12.0. The first-order valence-corrected chi connectivity index (χ1v) is 5.83. The van der Waals surface area contributed by atoms with E-state index in [0.29, 0.717) is 11.8 Å². The van der Waals surface area contributed by atoms with E-state index in [1.807, 2.05) is 13.8 Å². The molecule has 2 nitrogen and oxygen atoms in total. The minimum Gasteiger partial charge on any atom is -0.298 e. The zero-order valence-corrected chi connectivity index (χ0v) is 9.92. The smallest absolute Gasteiger partial charge is 0.152 e. The number of carbonyl (C=O) groups is 1. The molecule has 1 aliphatic heterocycles. The first kappa shape index (κ1) is 11.7. The molecule has 2 heteroatoms.